The topological polar surface area (TPSA) is 69.0 Å². The Balaban J connectivity index is 1.28. The SMILES string of the molecule is CC(C)c1ncccc1-c1ncc2c(n1)N(CC13CCC(c4nc(C(F)(F)F)cn4C)(CC1)C3)CCO2. The number of imidazole rings is 1. The highest BCUT2D eigenvalue weighted by molar-refractivity contribution is 5.64. The lowest BCUT2D eigenvalue weighted by Crippen LogP contribution is -2.41. The number of aromatic nitrogens is 5. The molecule has 2 fully saturated rings. The van der Waals surface area contributed by atoms with Gasteiger partial charge in [-0.15, -0.1) is 0 Å². The molecule has 0 unspecified atom stereocenters. The van der Waals surface area contributed by atoms with Gasteiger partial charge in [0.15, 0.2) is 23.1 Å². The third-order valence-electron chi connectivity index (χ3n) is 8.43. The number of ether oxygens (including phenoxy) is 1. The third-order valence-corrected chi connectivity index (χ3v) is 8.43. The molecule has 0 saturated heterocycles. The predicted molar refractivity (Wildman–Crippen MR) is 132 cm³/mol. The molecule has 0 atom stereocenters. The minimum atomic E-state index is -4.43. The van der Waals surface area contributed by atoms with E-state index in [0.29, 0.717) is 30.5 Å². The number of aryl methyl sites for hydroxylation is 1. The third kappa shape index (κ3) is 4.05. The van der Waals surface area contributed by atoms with Gasteiger partial charge in [0.2, 0.25) is 0 Å². The molecular weight excluding hydrogens is 481 g/mol. The van der Waals surface area contributed by atoms with Gasteiger partial charge in [0.05, 0.1) is 18.4 Å². The van der Waals surface area contributed by atoms with Crippen molar-refractivity contribution < 1.29 is 17.9 Å². The van der Waals surface area contributed by atoms with E-state index in [0.717, 1.165) is 61.9 Å². The average molecular weight is 513 g/mol. The first kappa shape index (κ1) is 24.2. The second-order valence-electron chi connectivity index (χ2n) is 11.3. The van der Waals surface area contributed by atoms with Gasteiger partial charge in [-0.05, 0) is 55.6 Å². The molecule has 3 aromatic heterocycles. The maximum atomic E-state index is 13.3. The van der Waals surface area contributed by atoms with Crippen LogP contribution in [0.15, 0.2) is 30.7 Å². The highest BCUT2D eigenvalue weighted by Gasteiger charge is 2.57. The number of fused-ring (bicyclic) bond motifs is 3. The summed E-state index contributed by atoms with van der Waals surface area (Å²) in [6.07, 6.45) is 4.72. The summed E-state index contributed by atoms with van der Waals surface area (Å²) in [4.78, 5) is 20.5. The number of alkyl halides is 3. The van der Waals surface area contributed by atoms with E-state index in [1.54, 1.807) is 24.0 Å². The monoisotopic (exact) mass is 512 g/mol. The van der Waals surface area contributed by atoms with Gasteiger partial charge in [-0.25, -0.2) is 15.0 Å². The van der Waals surface area contributed by atoms with E-state index < -0.39 is 11.9 Å². The van der Waals surface area contributed by atoms with Crippen LogP contribution < -0.4 is 9.64 Å². The van der Waals surface area contributed by atoms with Crippen molar-refractivity contribution in [2.45, 2.75) is 63.5 Å². The van der Waals surface area contributed by atoms with Crippen molar-refractivity contribution in [1.82, 2.24) is 24.5 Å². The van der Waals surface area contributed by atoms with Crippen LogP contribution in [-0.2, 0) is 18.6 Å². The zero-order valence-corrected chi connectivity index (χ0v) is 21.3. The normalized spacial score (nSPS) is 25.0. The minimum Gasteiger partial charge on any atom is -0.486 e. The van der Waals surface area contributed by atoms with Crippen LogP contribution in [0.25, 0.3) is 11.4 Å². The standard InChI is InChI=1S/C27H31F3N6O/c1-17(2)21-18(5-4-10-31-21)22-32-13-19-23(34-22)36(11-12-37-19)16-25-6-8-26(15-25,9-7-25)24-33-20(14-35(24)3)27(28,29)30/h4-5,10,13-14,17H,6-9,11-12,15-16H2,1-3H3. The van der Waals surface area contributed by atoms with Crippen LogP contribution in [0.1, 0.15) is 69.1 Å². The van der Waals surface area contributed by atoms with Gasteiger partial charge in [0.25, 0.3) is 0 Å². The van der Waals surface area contributed by atoms with E-state index in [9.17, 15) is 13.2 Å². The molecular formula is C27H31F3N6O. The van der Waals surface area contributed by atoms with Gasteiger partial charge in [-0.1, -0.05) is 13.8 Å². The van der Waals surface area contributed by atoms with E-state index in [2.05, 4.69) is 33.7 Å². The summed E-state index contributed by atoms with van der Waals surface area (Å²) in [5.41, 5.74) is 0.785. The van der Waals surface area contributed by atoms with Crippen LogP contribution >= 0.6 is 0 Å². The molecule has 0 amide bonds. The van der Waals surface area contributed by atoms with Gasteiger partial charge >= 0.3 is 6.18 Å². The summed E-state index contributed by atoms with van der Waals surface area (Å²) in [5, 5.41) is 0. The summed E-state index contributed by atoms with van der Waals surface area (Å²) in [7, 11) is 1.69. The average Bonchev–Trinajstić information content (AvgIpc) is 3.56. The molecule has 3 aliphatic rings. The van der Waals surface area contributed by atoms with Gasteiger partial charge in [-0.2, -0.15) is 13.2 Å². The number of pyridine rings is 1. The van der Waals surface area contributed by atoms with Crippen LogP contribution in [0, 0.1) is 5.41 Å². The molecule has 6 rings (SSSR count). The summed E-state index contributed by atoms with van der Waals surface area (Å²) < 4.78 is 47.5. The summed E-state index contributed by atoms with van der Waals surface area (Å²) in [6.45, 7) is 6.26. The number of halogens is 3. The molecule has 37 heavy (non-hydrogen) atoms. The summed E-state index contributed by atoms with van der Waals surface area (Å²) in [6, 6.07) is 3.90. The van der Waals surface area contributed by atoms with Crippen LogP contribution in [0.3, 0.4) is 0 Å². The van der Waals surface area contributed by atoms with Crippen molar-refractivity contribution >= 4 is 5.82 Å². The zero-order chi connectivity index (χ0) is 26.0. The Bertz CT molecular complexity index is 1330. The fourth-order valence-corrected chi connectivity index (χ4v) is 6.76. The van der Waals surface area contributed by atoms with Crippen molar-refractivity contribution in [3.8, 4) is 17.1 Å². The molecule has 0 N–H and O–H groups in total. The molecule has 0 radical (unpaired) electrons. The number of nitrogens with zero attached hydrogens (tertiary/aromatic N) is 6. The Hall–Kier alpha value is -3.17. The van der Waals surface area contributed by atoms with E-state index >= 15 is 0 Å². The number of hydrogen-bond donors (Lipinski definition) is 0. The fourth-order valence-electron chi connectivity index (χ4n) is 6.76. The lowest BCUT2D eigenvalue weighted by atomic mass is 9.81. The molecule has 4 heterocycles. The molecule has 10 heteroatoms. The highest BCUT2D eigenvalue weighted by atomic mass is 19.4. The van der Waals surface area contributed by atoms with Gasteiger partial charge in [-0.3, -0.25) is 4.98 Å². The first-order valence-electron chi connectivity index (χ1n) is 12.9. The maximum Gasteiger partial charge on any atom is 0.434 e. The molecule has 0 aromatic carbocycles. The first-order chi connectivity index (χ1) is 17.6. The largest absolute Gasteiger partial charge is 0.486 e. The second kappa shape index (κ2) is 8.43. The van der Waals surface area contributed by atoms with Crippen LogP contribution in [0.2, 0.25) is 0 Å². The van der Waals surface area contributed by atoms with Crippen molar-refractivity contribution in [1.29, 1.82) is 0 Å². The fraction of sp³-hybridized carbons (Fsp3) is 0.556. The summed E-state index contributed by atoms with van der Waals surface area (Å²) in [5.74, 6) is 2.89. The predicted octanol–water partition coefficient (Wildman–Crippen LogP) is 5.52. The van der Waals surface area contributed by atoms with Crippen LogP contribution in [-0.4, -0.2) is 44.2 Å². The maximum absolute atomic E-state index is 13.3. The number of rotatable bonds is 5. The molecule has 7 nitrogen and oxygen atoms in total. The van der Waals surface area contributed by atoms with Crippen molar-refractivity contribution in [3.63, 3.8) is 0 Å². The first-order valence-corrected chi connectivity index (χ1v) is 12.9. The van der Waals surface area contributed by atoms with Crippen molar-refractivity contribution in [3.05, 3.63) is 47.9 Å². The Morgan fingerprint density at radius 2 is 1.89 bits per heavy atom. The molecule has 3 aromatic rings. The Morgan fingerprint density at radius 1 is 1.11 bits per heavy atom. The smallest absolute Gasteiger partial charge is 0.434 e. The molecule has 1 aliphatic heterocycles. The Labute approximate surface area is 214 Å². The lowest BCUT2D eigenvalue weighted by molar-refractivity contribution is -0.141. The van der Waals surface area contributed by atoms with E-state index in [-0.39, 0.29) is 16.7 Å². The lowest BCUT2D eigenvalue weighted by Gasteiger charge is -2.37. The minimum absolute atomic E-state index is 0.0153. The Kier molecular flexibility index (Phi) is 5.51. The Morgan fingerprint density at radius 3 is 2.59 bits per heavy atom. The van der Waals surface area contributed by atoms with E-state index in [4.69, 9.17) is 9.72 Å². The number of hydrogen-bond acceptors (Lipinski definition) is 6. The van der Waals surface area contributed by atoms with Crippen LogP contribution in [0.4, 0.5) is 19.0 Å². The quantitative estimate of drug-likeness (QED) is 0.449. The molecule has 2 aliphatic carbocycles. The zero-order valence-electron chi connectivity index (χ0n) is 21.3. The highest BCUT2D eigenvalue weighted by Crippen LogP contribution is 2.62. The second-order valence-corrected chi connectivity index (χ2v) is 11.3. The molecule has 2 saturated carbocycles. The van der Waals surface area contributed by atoms with Gasteiger partial charge in [0.1, 0.15) is 12.4 Å². The van der Waals surface area contributed by atoms with Crippen LogP contribution in [0.5, 0.6) is 5.75 Å². The van der Waals surface area contributed by atoms with Gasteiger partial charge < -0.3 is 14.2 Å². The molecule has 196 valence electrons. The van der Waals surface area contributed by atoms with E-state index in [1.165, 1.54) is 0 Å². The summed E-state index contributed by atoms with van der Waals surface area (Å²) >= 11 is 0. The molecule has 2 bridgehead atoms. The van der Waals surface area contributed by atoms with Crippen molar-refractivity contribution in [2.24, 2.45) is 12.5 Å². The molecule has 0 spiro atoms. The van der Waals surface area contributed by atoms with E-state index in [1.807, 2.05) is 12.1 Å². The number of anilines is 1. The van der Waals surface area contributed by atoms with Crippen molar-refractivity contribution in [2.75, 3.05) is 24.6 Å². The van der Waals surface area contributed by atoms with Gasteiger partial charge in [0, 0.05) is 37.0 Å².